The number of halogens is 1. The molecule has 5 heteroatoms. The van der Waals surface area contributed by atoms with Crippen LogP contribution in [0.4, 0.5) is 10.5 Å². The monoisotopic (exact) mass is 314 g/mol. The number of hydrogen-bond acceptors (Lipinski definition) is 2. The lowest BCUT2D eigenvalue weighted by Gasteiger charge is -2.11. The summed E-state index contributed by atoms with van der Waals surface area (Å²) >= 11 is 3.43. The number of aliphatic hydroxyl groups is 1. The molecule has 0 spiro atoms. The molecule has 2 amide bonds. The summed E-state index contributed by atoms with van der Waals surface area (Å²) in [6.45, 7) is 4.34. The third kappa shape index (κ3) is 4.66. The summed E-state index contributed by atoms with van der Waals surface area (Å²) in [6, 6.07) is 5.42. The van der Waals surface area contributed by atoms with Gasteiger partial charge >= 0.3 is 6.03 Å². The quantitative estimate of drug-likeness (QED) is 0.782. The zero-order valence-corrected chi connectivity index (χ0v) is 12.3. The van der Waals surface area contributed by atoms with Crippen LogP contribution in [0, 0.1) is 6.92 Å². The van der Waals surface area contributed by atoms with E-state index in [1.165, 1.54) is 0 Å². The average molecular weight is 315 g/mol. The molecule has 0 fully saturated rings. The van der Waals surface area contributed by atoms with Crippen molar-refractivity contribution in [3.8, 4) is 0 Å². The van der Waals surface area contributed by atoms with Crippen LogP contribution in [-0.4, -0.2) is 23.8 Å². The van der Waals surface area contributed by atoms with Gasteiger partial charge in [0.2, 0.25) is 0 Å². The molecule has 1 aromatic carbocycles. The van der Waals surface area contributed by atoms with Crippen LogP contribution in [0.3, 0.4) is 0 Å². The second-order valence-electron chi connectivity index (χ2n) is 4.17. The molecule has 1 aromatic rings. The molecule has 4 nitrogen and oxygen atoms in total. The first-order chi connectivity index (χ1) is 8.54. The Morgan fingerprint density at radius 3 is 2.89 bits per heavy atom. The van der Waals surface area contributed by atoms with Gasteiger partial charge in [-0.2, -0.15) is 0 Å². The van der Waals surface area contributed by atoms with Crippen molar-refractivity contribution in [1.82, 2.24) is 5.32 Å². The number of amides is 2. The fraction of sp³-hybridized carbons (Fsp3) is 0.462. The topological polar surface area (TPSA) is 61.4 Å². The number of nitrogens with one attached hydrogen (secondary N) is 2. The summed E-state index contributed by atoms with van der Waals surface area (Å²) in [5.74, 6) is 0. The van der Waals surface area contributed by atoms with Crippen LogP contribution >= 0.6 is 15.9 Å². The van der Waals surface area contributed by atoms with Gasteiger partial charge < -0.3 is 15.7 Å². The van der Waals surface area contributed by atoms with Crippen molar-refractivity contribution < 1.29 is 9.90 Å². The highest BCUT2D eigenvalue weighted by Gasteiger charge is 2.07. The SMILES string of the molecule is CC[C@H](O)CCNC(=O)Nc1cccc(C)c1Br. The summed E-state index contributed by atoms with van der Waals surface area (Å²) in [5.41, 5.74) is 1.80. The van der Waals surface area contributed by atoms with Gasteiger partial charge in [-0.15, -0.1) is 0 Å². The molecule has 3 N–H and O–H groups in total. The molecule has 1 atom stereocenters. The van der Waals surface area contributed by atoms with Crippen molar-refractivity contribution in [2.24, 2.45) is 0 Å². The van der Waals surface area contributed by atoms with Crippen LogP contribution in [-0.2, 0) is 0 Å². The molecule has 0 aliphatic carbocycles. The maximum atomic E-state index is 11.6. The first-order valence-electron chi connectivity index (χ1n) is 6.02. The Hall–Kier alpha value is -1.07. The number of benzene rings is 1. The van der Waals surface area contributed by atoms with Gasteiger partial charge in [0.25, 0.3) is 0 Å². The molecule has 0 aliphatic heterocycles. The molecule has 0 radical (unpaired) electrons. The van der Waals surface area contributed by atoms with E-state index in [0.29, 0.717) is 19.4 Å². The largest absolute Gasteiger partial charge is 0.393 e. The average Bonchev–Trinajstić information content (AvgIpc) is 2.34. The first kappa shape index (κ1) is 15.0. The summed E-state index contributed by atoms with van der Waals surface area (Å²) in [4.78, 5) is 11.6. The third-order valence-electron chi connectivity index (χ3n) is 2.67. The Labute approximate surface area is 116 Å². The molecular formula is C13H19BrN2O2. The molecule has 0 saturated carbocycles. The highest BCUT2D eigenvalue weighted by atomic mass is 79.9. The van der Waals surface area contributed by atoms with E-state index in [-0.39, 0.29) is 12.1 Å². The Bertz CT molecular complexity index is 410. The van der Waals surface area contributed by atoms with Gasteiger partial charge in [-0.25, -0.2) is 4.79 Å². The van der Waals surface area contributed by atoms with Crippen LogP contribution in [0.1, 0.15) is 25.3 Å². The highest BCUT2D eigenvalue weighted by molar-refractivity contribution is 9.10. The molecule has 1 rings (SSSR count). The van der Waals surface area contributed by atoms with Crippen molar-refractivity contribution in [1.29, 1.82) is 0 Å². The molecule has 18 heavy (non-hydrogen) atoms. The van der Waals surface area contributed by atoms with Crippen molar-refractivity contribution in [3.63, 3.8) is 0 Å². The minimum atomic E-state index is -0.351. The van der Waals surface area contributed by atoms with Gasteiger partial charge in [-0.05, 0) is 47.3 Å². The third-order valence-corrected chi connectivity index (χ3v) is 3.73. The second-order valence-corrected chi connectivity index (χ2v) is 4.96. The number of carbonyl (C=O) groups is 1. The Morgan fingerprint density at radius 1 is 1.50 bits per heavy atom. The van der Waals surface area contributed by atoms with E-state index in [1.807, 2.05) is 32.0 Å². The normalized spacial score (nSPS) is 12.0. The lowest BCUT2D eigenvalue weighted by atomic mass is 10.2. The minimum absolute atomic E-state index is 0.260. The molecule has 100 valence electrons. The number of rotatable bonds is 5. The van der Waals surface area contributed by atoms with Crippen LogP contribution in [0.25, 0.3) is 0 Å². The lowest BCUT2D eigenvalue weighted by Crippen LogP contribution is -2.31. The predicted octanol–water partition coefficient (Wildman–Crippen LogP) is 3.04. The minimum Gasteiger partial charge on any atom is -0.393 e. The zero-order valence-electron chi connectivity index (χ0n) is 10.7. The van der Waals surface area contributed by atoms with Crippen molar-refractivity contribution in [3.05, 3.63) is 28.2 Å². The lowest BCUT2D eigenvalue weighted by molar-refractivity contribution is 0.160. The van der Waals surface area contributed by atoms with Crippen LogP contribution in [0.5, 0.6) is 0 Å². The standard InChI is InChI=1S/C13H19BrN2O2/c1-3-10(17)7-8-15-13(18)16-11-6-4-5-9(2)12(11)14/h4-6,10,17H,3,7-8H2,1-2H3,(H2,15,16,18)/t10-/m0/s1. The number of urea groups is 1. The second kappa shape index (κ2) is 7.38. The number of aryl methyl sites for hydroxylation is 1. The van der Waals surface area contributed by atoms with Gasteiger partial charge in [-0.1, -0.05) is 19.1 Å². The number of hydrogen-bond donors (Lipinski definition) is 3. The molecular weight excluding hydrogens is 296 g/mol. The van der Waals surface area contributed by atoms with E-state index in [0.717, 1.165) is 15.7 Å². The van der Waals surface area contributed by atoms with Gasteiger partial charge in [0, 0.05) is 11.0 Å². The van der Waals surface area contributed by atoms with Gasteiger partial charge in [0.05, 0.1) is 11.8 Å². The summed E-state index contributed by atoms with van der Waals surface area (Å²) in [6.07, 6.45) is 0.919. The fourth-order valence-corrected chi connectivity index (χ4v) is 1.83. The first-order valence-corrected chi connectivity index (χ1v) is 6.82. The number of anilines is 1. The Kier molecular flexibility index (Phi) is 6.15. The fourth-order valence-electron chi connectivity index (χ4n) is 1.47. The maximum absolute atomic E-state index is 11.6. The number of aliphatic hydroxyl groups excluding tert-OH is 1. The Balaban J connectivity index is 2.43. The Morgan fingerprint density at radius 2 is 2.22 bits per heavy atom. The van der Waals surface area contributed by atoms with E-state index in [4.69, 9.17) is 0 Å². The van der Waals surface area contributed by atoms with Gasteiger partial charge in [0.1, 0.15) is 0 Å². The summed E-state index contributed by atoms with van der Waals surface area (Å²) in [7, 11) is 0. The molecule has 0 bridgehead atoms. The molecule has 0 saturated heterocycles. The van der Waals surface area contributed by atoms with Crippen LogP contribution in [0.15, 0.2) is 22.7 Å². The van der Waals surface area contributed by atoms with Crippen molar-refractivity contribution >= 4 is 27.6 Å². The van der Waals surface area contributed by atoms with E-state index in [9.17, 15) is 9.90 Å². The van der Waals surface area contributed by atoms with Gasteiger partial charge in [0.15, 0.2) is 0 Å². The molecule has 0 unspecified atom stereocenters. The van der Waals surface area contributed by atoms with E-state index < -0.39 is 0 Å². The summed E-state index contributed by atoms with van der Waals surface area (Å²) in [5, 5.41) is 14.8. The van der Waals surface area contributed by atoms with Crippen molar-refractivity contribution in [2.45, 2.75) is 32.8 Å². The number of carbonyl (C=O) groups excluding carboxylic acids is 1. The molecule has 0 aromatic heterocycles. The zero-order chi connectivity index (χ0) is 13.5. The smallest absolute Gasteiger partial charge is 0.319 e. The summed E-state index contributed by atoms with van der Waals surface area (Å²) < 4.78 is 0.883. The molecule has 0 aliphatic rings. The van der Waals surface area contributed by atoms with Gasteiger partial charge in [-0.3, -0.25) is 0 Å². The van der Waals surface area contributed by atoms with E-state index in [1.54, 1.807) is 0 Å². The van der Waals surface area contributed by atoms with Crippen molar-refractivity contribution in [2.75, 3.05) is 11.9 Å². The highest BCUT2D eigenvalue weighted by Crippen LogP contribution is 2.25. The molecule has 0 heterocycles. The van der Waals surface area contributed by atoms with Crippen LogP contribution in [0.2, 0.25) is 0 Å². The van der Waals surface area contributed by atoms with E-state index >= 15 is 0 Å². The predicted molar refractivity (Wildman–Crippen MR) is 76.8 cm³/mol. The van der Waals surface area contributed by atoms with E-state index in [2.05, 4.69) is 26.6 Å². The maximum Gasteiger partial charge on any atom is 0.319 e. The van der Waals surface area contributed by atoms with Crippen LogP contribution < -0.4 is 10.6 Å².